The second-order valence-corrected chi connectivity index (χ2v) is 8.93. The van der Waals surface area contributed by atoms with Crippen molar-refractivity contribution in [3.8, 4) is 0 Å². The molecule has 1 aliphatic rings. The van der Waals surface area contributed by atoms with Crippen molar-refractivity contribution in [3.05, 3.63) is 56.8 Å². The number of nitrogens with one attached hydrogen (secondary N) is 2. The van der Waals surface area contributed by atoms with E-state index in [1.807, 2.05) is 6.07 Å². The third-order valence-corrected chi connectivity index (χ3v) is 6.28. The van der Waals surface area contributed by atoms with Crippen LogP contribution in [0.15, 0.2) is 28.7 Å². The Bertz CT molecular complexity index is 1230. The summed E-state index contributed by atoms with van der Waals surface area (Å²) in [5.74, 6) is 0.715. The van der Waals surface area contributed by atoms with Gasteiger partial charge in [-0.25, -0.2) is 9.97 Å². The fraction of sp³-hybridized carbons (Fsp3) is 0.348. The molecule has 168 valence electrons. The maximum Gasteiger partial charge on any atom is 0.416 e. The minimum atomic E-state index is -4.54. The quantitative estimate of drug-likeness (QED) is 0.433. The van der Waals surface area contributed by atoms with E-state index in [2.05, 4.69) is 36.5 Å². The molecule has 2 aromatic carbocycles. The molecule has 9 heteroatoms. The van der Waals surface area contributed by atoms with Crippen molar-refractivity contribution >= 4 is 44.2 Å². The van der Waals surface area contributed by atoms with Crippen LogP contribution in [0.2, 0.25) is 0 Å². The van der Waals surface area contributed by atoms with Gasteiger partial charge in [-0.05, 0) is 74.1 Å². The van der Waals surface area contributed by atoms with Crippen LogP contribution in [0.4, 0.5) is 24.7 Å². The van der Waals surface area contributed by atoms with Gasteiger partial charge in [-0.1, -0.05) is 15.9 Å². The summed E-state index contributed by atoms with van der Waals surface area (Å²) in [5, 5.41) is 6.54. The number of hydrogen-bond donors (Lipinski definition) is 2. The summed E-state index contributed by atoms with van der Waals surface area (Å²) < 4.78 is 41.3. The van der Waals surface area contributed by atoms with Crippen LogP contribution in [0.3, 0.4) is 0 Å². The van der Waals surface area contributed by atoms with Crippen LogP contribution < -0.4 is 10.6 Å². The first-order valence-electron chi connectivity index (χ1n) is 10.3. The van der Waals surface area contributed by atoms with Crippen molar-refractivity contribution in [1.29, 1.82) is 0 Å². The predicted octanol–water partition coefficient (Wildman–Crippen LogP) is 6.34. The lowest BCUT2D eigenvalue weighted by Crippen LogP contribution is -2.14. The summed E-state index contributed by atoms with van der Waals surface area (Å²) in [7, 11) is 0. The first-order valence-corrected chi connectivity index (χ1v) is 11.1. The van der Waals surface area contributed by atoms with Crippen molar-refractivity contribution in [2.45, 2.75) is 52.3 Å². The van der Waals surface area contributed by atoms with E-state index in [9.17, 15) is 18.0 Å². The summed E-state index contributed by atoms with van der Waals surface area (Å²) in [6.07, 6.45) is -1.55. The molecule has 1 unspecified atom stereocenters. The first kappa shape index (κ1) is 22.5. The molecule has 0 saturated heterocycles. The number of amides is 1. The molecule has 2 N–H and O–H groups in total. The molecule has 1 heterocycles. The summed E-state index contributed by atoms with van der Waals surface area (Å²) in [6, 6.07) is 5.03. The van der Waals surface area contributed by atoms with E-state index in [1.54, 1.807) is 13.8 Å². The van der Waals surface area contributed by atoms with Gasteiger partial charge in [-0.3, -0.25) is 4.79 Å². The average Bonchev–Trinajstić information content (AvgIpc) is 3.18. The van der Waals surface area contributed by atoms with E-state index in [0.717, 1.165) is 46.8 Å². The molecular weight excluding hydrogens is 485 g/mol. The van der Waals surface area contributed by atoms with Crippen molar-refractivity contribution < 1.29 is 18.0 Å². The molecule has 0 radical (unpaired) electrons. The summed E-state index contributed by atoms with van der Waals surface area (Å²) in [6.45, 7) is 4.82. The Morgan fingerprint density at radius 3 is 2.53 bits per heavy atom. The first-order chi connectivity index (χ1) is 15.0. The Morgan fingerprint density at radius 2 is 1.84 bits per heavy atom. The Balaban J connectivity index is 1.77. The predicted molar refractivity (Wildman–Crippen MR) is 122 cm³/mol. The maximum absolute atomic E-state index is 13.4. The standard InChI is InChI=1S/C23H22BrF3N4O/c1-11(14-7-15(23(25,26)27)9-16(8-14)31-13(3)32)28-22-19-10-20(24)17-5-4-6-18(17)21(19)29-12(2)30-22/h7-11H,4-6H2,1-3H3,(H,31,32)(H,28,29,30). The Kier molecular flexibility index (Phi) is 5.87. The van der Waals surface area contributed by atoms with E-state index in [1.165, 1.54) is 24.1 Å². The zero-order valence-electron chi connectivity index (χ0n) is 17.8. The van der Waals surface area contributed by atoms with Crippen molar-refractivity contribution in [2.75, 3.05) is 10.6 Å². The van der Waals surface area contributed by atoms with Crippen LogP contribution in [0.25, 0.3) is 10.9 Å². The number of hydrogen-bond acceptors (Lipinski definition) is 4. The lowest BCUT2D eigenvalue weighted by atomic mass is 10.0. The highest BCUT2D eigenvalue weighted by atomic mass is 79.9. The van der Waals surface area contributed by atoms with Gasteiger partial charge >= 0.3 is 6.18 Å². The third kappa shape index (κ3) is 4.44. The monoisotopic (exact) mass is 506 g/mol. The fourth-order valence-electron chi connectivity index (χ4n) is 4.17. The minimum absolute atomic E-state index is 0.0975. The number of alkyl halides is 3. The molecule has 3 aromatic rings. The number of halogens is 4. The number of aromatic nitrogens is 2. The number of nitrogens with zero attached hydrogens (tertiary/aromatic N) is 2. The molecule has 0 bridgehead atoms. The van der Waals surface area contributed by atoms with Gasteiger partial charge in [-0.2, -0.15) is 13.2 Å². The van der Waals surface area contributed by atoms with Crippen LogP contribution >= 0.6 is 15.9 Å². The van der Waals surface area contributed by atoms with Crippen LogP contribution in [0, 0.1) is 6.92 Å². The zero-order valence-corrected chi connectivity index (χ0v) is 19.4. The second-order valence-electron chi connectivity index (χ2n) is 8.07. The minimum Gasteiger partial charge on any atom is -0.363 e. The number of carbonyl (C=O) groups excluding carboxylic acids is 1. The van der Waals surface area contributed by atoms with Crippen molar-refractivity contribution in [2.24, 2.45) is 0 Å². The number of carbonyl (C=O) groups is 1. The number of anilines is 2. The molecule has 1 atom stereocenters. The number of aryl methyl sites for hydroxylation is 2. The van der Waals surface area contributed by atoms with Gasteiger partial charge in [0.25, 0.3) is 0 Å². The average molecular weight is 507 g/mol. The summed E-state index contributed by atoms with van der Waals surface area (Å²) in [4.78, 5) is 20.6. The van der Waals surface area contributed by atoms with E-state index >= 15 is 0 Å². The van der Waals surface area contributed by atoms with Crippen LogP contribution in [-0.2, 0) is 23.8 Å². The van der Waals surface area contributed by atoms with Gasteiger partial charge in [0.05, 0.1) is 17.1 Å². The van der Waals surface area contributed by atoms with Gasteiger partial charge in [0.15, 0.2) is 0 Å². The molecule has 0 aliphatic heterocycles. The number of benzene rings is 2. The highest BCUT2D eigenvalue weighted by Crippen LogP contribution is 2.38. The third-order valence-electron chi connectivity index (χ3n) is 5.58. The van der Waals surface area contributed by atoms with Gasteiger partial charge in [0.1, 0.15) is 11.6 Å². The van der Waals surface area contributed by atoms with E-state index < -0.39 is 23.7 Å². The van der Waals surface area contributed by atoms with Gasteiger partial charge in [0.2, 0.25) is 5.91 Å². The molecule has 0 saturated carbocycles. The van der Waals surface area contributed by atoms with E-state index in [4.69, 9.17) is 0 Å². The number of fused-ring (bicyclic) bond motifs is 3. The van der Waals surface area contributed by atoms with Crippen LogP contribution in [-0.4, -0.2) is 15.9 Å². The largest absolute Gasteiger partial charge is 0.416 e. The molecule has 4 rings (SSSR count). The van der Waals surface area contributed by atoms with E-state index in [-0.39, 0.29) is 5.69 Å². The van der Waals surface area contributed by atoms with Crippen LogP contribution in [0.5, 0.6) is 0 Å². The highest BCUT2D eigenvalue weighted by Gasteiger charge is 2.32. The Labute approximate surface area is 192 Å². The zero-order chi connectivity index (χ0) is 23.2. The normalized spacial score (nSPS) is 14.3. The number of rotatable bonds is 4. The highest BCUT2D eigenvalue weighted by molar-refractivity contribution is 9.10. The summed E-state index contributed by atoms with van der Waals surface area (Å²) in [5.41, 5.74) is 2.99. The second kappa shape index (κ2) is 8.35. The molecule has 1 aromatic heterocycles. The molecule has 0 spiro atoms. The summed E-state index contributed by atoms with van der Waals surface area (Å²) >= 11 is 3.65. The molecule has 0 fully saturated rings. The lowest BCUT2D eigenvalue weighted by Gasteiger charge is -2.20. The molecule has 32 heavy (non-hydrogen) atoms. The van der Waals surface area contributed by atoms with Gasteiger partial charge < -0.3 is 10.6 Å². The lowest BCUT2D eigenvalue weighted by molar-refractivity contribution is -0.137. The Morgan fingerprint density at radius 1 is 1.12 bits per heavy atom. The molecular formula is C23H22BrF3N4O. The maximum atomic E-state index is 13.4. The van der Waals surface area contributed by atoms with Crippen molar-refractivity contribution in [1.82, 2.24) is 9.97 Å². The molecule has 1 aliphatic carbocycles. The van der Waals surface area contributed by atoms with Crippen LogP contribution in [0.1, 0.15) is 54.4 Å². The van der Waals surface area contributed by atoms with Gasteiger partial charge in [-0.15, -0.1) is 0 Å². The van der Waals surface area contributed by atoms with Gasteiger partial charge in [0, 0.05) is 22.5 Å². The smallest absolute Gasteiger partial charge is 0.363 e. The fourth-order valence-corrected chi connectivity index (χ4v) is 4.84. The van der Waals surface area contributed by atoms with E-state index in [0.29, 0.717) is 17.2 Å². The molecule has 5 nitrogen and oxygen atoms in total. The SMILES string of the molecule is CC(=O)Nc1cc(C(C)Nc2nc(C)nc3c4c(c(Br)cc23)CCC4)cc(C(F)(F)F)c1. The van der Waals surface area contributed by atoms with Crippen molar-refractivity contribution in [3.63, 3.8) is 0 Å². The Hall–Kier alpha value is -2.68. The molecule has 1 amide bonds. The topological polar surface area (TPSA) is 66.9 Å².